The average Bonchev–Trinajstić information content (AvgIpc) is 2.92. The monoisotopic (exact) mass is 346 g/mol. The Kier molecular flexibility index (Phi) is 3.86. The first-order chi connectivity index (χ1) is 10.2. The van der Waals surface area contributed by atoms with Crippen LogP contribution in [0.15, 0.2) is 59.2 Å². The Morgan fingerprint density at radius 3 is 2.48 bits per heavy atom. The van der Waals surface area contributed by atoms with Crippen LogP contribution in [0.25, 0.3) is 16.9 Å². The summed E-state index contributed by atoms with van der Waals surface area (Å²) in [6.07, 6.45) is 1.65. The van der Waals surface area contributed by atoms with Crippen LogP contribution < -0.4 is 0 Å². The highest BCUT2D eigenvalue weighted by molar-refractivity contribution is 9.10. The van der Waals surface area contributed by atoms with E-state index in [-0.39, 0.29) is 12.4 Å². The number of aliphatic hydroxyl groups is 1. The summed E-state index contributed by atoms with van der Waals surface area (Å²) in [5.74, 6) is -0.355. The van der Waals surface area contributed by atoms with Gasteiger partial charge in [0.05, 0.1) is 12.3 Å². The molecule has 0 fully saturated rings. The topological polar surface area (TPSA) is 38.0 Å². The van der Waals surface area contributed by atoms with E-state index in [0.717, 1.165) is 10.0 Å². The Hall–Kier alpha value is -1.98. The van der Waals surface area contributed by atoms with Crippen LogP contribution in [-0.4, -0.2) is 14.9 Å². The quantitative estimate of drug-likeness (QED) is 0.780. The third-order valence-corrected chi connectivity index (χ3v) is 3.71. The predicted octanol–water partition coefficient (Wildman–Crippen LogP) is 3.93. The summed E-state index contributed by atoms with van der Waals surface area (Å²) in [4.78, 5) is 0. The molecule has 21 heavy (non-hydrogen) atoms. The lowest BCUT2D eigenvalue weighted by Gasteiger charge is -2.02. The van der Waals surface area contributed by atoms with E-state index in [1.54, 1.807) is 24.4 Å². The Morgan fingerprint density at radius 1 is 1.10 bits per heavy atom. The molecule has 0 atom stereocenters. The predicted molar refractivity (Wildman–Crippen MR) is 82.6 cm³/mol. The molecule has 3 rings (SSSR count). The summed E-state index contributed by atoms with van der Waals surface area (Å²) < 4.78 is 16.3. The van der Waals surface area contributed by atoms with Gasteiger partial charge in [-0.25, -0.2) is 9.07 Å². The maximum Gasteiger partial charge on any atom is 0.148 e. The van der Waals surface area contributed by atoms with Crippen molar-refractivity contribution in [2.75, 3.05) is 0 Å². The minimum atomic E-state index is -0.355. The molecule has 0 unspecified atom stereocenters. The van der Waals surface area contributed by atoms with E-state index in [0.29, 0.717) is 16.9 Å². The summed E-state index contributed by atoms with van der Waals surface area (Å²) in [6, 6.07) is 14.0. The molecular formula is C16H12BrFN2O. The van der Waals surface area contributed by atoms with Crippen molar-refractivity contribution in [3.8, 4) is 16.9 Å². The minimum Gasteiger partial charge on any atom is -0.392 e. The Bertz CT molecular complexity index is 768. The highest BCUT2D eigenvalue weighted by Crippen LogP contribution is 2.25. The number of nitrogens with zero attached hydrogens (tertiary/aromatic N) is 2. The van der Waals surface area contributed by atoms with E-state index in [4.69, 9.17) is 0 Å². The molecule has 0 aliphatic carbocycles. The third kappa shape index (κ3) is 2.75. The van der Waals surface area contributed by atoms with Crippen LogP contribution in [0, 0.1) is 5.82 Å². The molecule has 0 bridgehead atoms. The summed E-state index contributed by atoms with van der Waals surface area (Å²) in [5, 5.41) is 13.9. The number of hydrogen-bond acceptors (Lipinski definition) is 2. The number of aliphatic hydroxyl groups excluding tert-OH is 1. The van der Waals surface area contributed by atoms with E-state index in [9.17, 15) is 9.50 Å². The Morgan fingerprint density at radius 2 is 1.81 bits per heavy atom. The van der Waals surface area contributed by atoms with E-state index in [1.165, 1.54) is 10.7 Å². The lowest BCUT2D eigenvalue weighted by Crippen LogP contribution is -1.97. The molecule has 106 valence electrons. The molecule has 0 radical (unpaired) electrons. The van der Waals surface area contributed by atoms with E-state index >= 15 is 0 Å². The van der Waals surface area contributed by atoms with Gasteiger partial charge in [-0.1, -0.05) is 40.2 Å². The average molecular weight is 347 g/mol. The molecule has 1 heterocycles. The Balaban J connectivity index is 2.11. The third-order valence-electron chi connectivity index (χ3n) is 3.18. The van der Waals surface area contributed by atoms with Crippen molar-refractivity contribution < 1.29 is 9.50 Å². The van der Waals surface area contributed by atoms with E-state index in [2.05, 4.69) is 21.0 Å². The van der Waals surface area contributed by atoms with Gasteiger partial charge in [0.2, 0.25) is 0 Å². The summed E-state index contributed by atoms with van der Waals surface area (Å²) in [6.45, 7) is -0.153. The SMILES string of the molecule is OCc1cn(-c2ccccc2F)nc1-c1ccc(Br)cc1. The molecular weight excluding hydrogens is 335 g/mol. The summed E-state index contributed by atoms with van der Waals surface area (Å²) in [5.41, 5.74) is 2.53. The molecule has 5 heteroatoms. The second-order valence-electron chi connectivity index (χ2n) is 4.56. The zero-order valence-corrected chi connectivity index (χ0v) is 12.6. The van der Waals surface area contributed by atoms with Crippen molar-refractivity contribution in [1.29, 1.82) is 0 Å². The molecule has 0 aliphatic heterocycles. The molecule has 0 amide bonds. The standard InChI is InChI=1S/C16H12BrFN2O/c17-13-7-5-11(6-8-13)16-12(10-21)9-20(19-16)15-4-2-1-3-14(15)18/h1-9,21H,10H2. The smallest absolute Gasteiger partial charge is 0.148 e. The van der Waals surface area contributed by atoms with Crippen LogP contribution in [0.3, 0.4) is 0 Å². The number of benzene rings is 2. The second kappa shape index (κ2) is 5.79. The maximum absolute atomic E-state index is 13.8. The zero-order valence-electron chi connectivity index (χ0n) is 11.0. The first-order valence-corrected chi connectivity index (χ1v) is 7.18. The van der Waals surface area contributed by atoms with Crippen LogP contribution in [0.5, 0.6) is 0 Å². The Labute approximate surface area is 129 Å². The molecule has 3 nitrogen and oxygen atoms in total. The fourth-order valence-corrected chi connectivity index (χ4v) is 2.40. The van der Waals surface area contributed by atoms with Gasteiger partial charge in [0.15, 0.2) is 0 Å². The molecule has 0 aliphatic rings. The van der Waals surface area contributed by atoms with Crippen molar-refractivity contribution in [3.63, 3.8) is 0 Å². The van der Waals surface area contributed by atoms with Crippen LogP contribution in [0.4, 0.5) is 4.39 Å². The molecule has 3 aromatic rings. The number of para-hydroxylation sites is 1. The summed E-state index contributed by atoms with van der Waals surface area (Å²) >= 11 is 3.38. The van der Waals surface area contributed by atoms with Gasteiger partial charge in [0, 0.05) is 21.8 Å². The molecule has 2 aromatic carbocycles. The van der Waals surface area contributed by atoms with Crippen molar-refractivity contribution in [2.24, 2.45) is 0 Å². The van der Waals surface area contributed by atoms with Crippen molar-refractivity contribution in [1.82, 2.24) is 9.78 Å². The van der Waals surface area contributed by atoms with E-state index < -0.39 is 0 Å². The van der Waals surface area contributed by atoms with Gasteiger partial charge >= 0.3 is 0 Å². The van der Waals surface area contributed by atoms with Gasteiger partial charge in [0.25, 0.3) is 0 Å². The first-order valence-electron chi connectivity index (χ1n) is 6.39. The van der Waals surface area contributed by atoms with Gasteiger partial charge in [-0.05, 0) is 24.3 Å². The number of aromatic nitrogens is 2. The van der Waals surface area contributed by atoms with Gasteiger partial charge < -0.3 is 5.11 Å². The maximum atomic E-state index is 13.8. The fourth-order valence-electron chi connectivity index (χ4n) is 2.14. The summed E-state index contributed by atoms with van der Waals surface area (Å²) in [7, 11) is 0. The lowest BCUT2D eigenvalue weighted by molar-refractivity contribution is 0.282. The molecule has 0 spiro atoms. The van der Waals surface area contributed by atoms with Crippen LogP contribution >= 0.6 is 15.9 Å². The fraction of sp³-hybridized carbons (Fsp3) is 0.0625. The number of halogens is 2. The van der Waals surface area contributed by atoms with Crippen LogP contribution in [0.1, 0.15) is 5.56 Å². The number of hydrogen-bond donors (Lipinski definition) is 1. The largest absolute Gasteiger partial charge is 0.392 e. The number of rotatable bonds is 3. The van der Waals surface area contributed by atoms with Crippen molar-refractivity contribution in [3.05, 3.63) is 70.6 Å². The molecule has 1 N–H and O–H groups in total. The highest BCUT2D eigenvalue weighted by atomic mass is 79.9. The van der Waals surface area contributed by atoms with Gasteiger partial charge in [-0.15, -0.1) is 0 Å². The van der Waals surface area contributed by atoms with E-state index in [1.807, 2.05) is 24.3 Å². The second-order valence-corrected chi connectivity index (χ2v) is 5.48. The van der Waals surface area contributed by atoms with Gasteiger partial charge in [-0.3, -0.25) is 0 Å². The van der Waals surface area contributed by atoms with Crippen LogP contribution in [0.2, 0.25) is 0 Å². The van der Waals surface area contributed by atoms with Gasteiger partial charge in [-0.2, -0.15) is 5.10 Å². The lowest BCUT2D eigenvalue weighted by atomic mass is 10.1. The molecule has 1 aromatic heterocycles. The highest BCUT2D eigenvalue weighted by Gasteiger charge is 2.13. The van der Waals surface area contributed by atoms with Crippen LogP contribution in [-0.2, 0) is 6.61 Å². The first kappa shape index (κ1) is 14.0. The molecule has 0 saturated heterocycles. The zero-order chi connectivity index (χ0) is 14.8. The van der Waals surface area contributed by atoms with Gasteiger partial charge in [0.1, 0.15) is 11.5 Å². The van der Waals surface area contributed by atoms with Crippen molar-refractivity contribution in [2.45, 2.75) is 6.61 Å². The molecule has 0 saturated carbocycles. The van der Waals surface area contributed by atoms with Crippen molar-refractivity contribution >= 4 is 15.9 Å². The normalized spacial score (nSPS) is 10.8. The minimum absolute atomic E-state index is 0.153.